The Morgan fingerprint density at radius 2 is 0.381 bits per heavy atom. The van der Waals surface area contributed by atoms with Gasteiger partial charge >= 0.3 is 0 Å². The van der Waals surface area contributed by atoms with Crippen LogP contribution in [0.2, 0.25) is 0 Å². The molecule has 0 radical (unpaired) electrons. The van der Waals surface area contributed by atoms with E-state index in [0.29, 0.717) is 0 Å². The van der Waals surface area contributed by atoms with Crippen molar-refractivity contribution in [3.8, 4) is 0 Å². The minimum absolute atomic E-state index is 0.135. The molecular formula is C14H28O7. The minimum Gasteiger partial charge on any atom is -0.324 e. The van der Waals surface area contributed by atoms with Crippen LogP contribution in [0.3, 0.4) is 0 Å². The second-order valence-corrected chi connectivity index (χ2v) is 4.93. The van der Waals surface area contributed by atoms with Crippen LogP contribution in [0.1, 0.15) is 48.5 Å². The summed E-state index contributed by atoms with van der Waals surface area (Å²) in [4.78, 5) is 0. The van der Waals surface area contributed by atoms with E-state index in [1.165, 1.54) is 0 Å². The molecule has 2 aliphatic heterocycles. The molecule has 0 saturated carbocycles. The van der Waals surface area contributed by atoms with Gasteiger partial charge in [-0.25, -0.2) is 0 Å². The first kappa shape index (κ1) is 18.8. The molecule has 7 heteroatoms. The van der Waals surface area contributed by atoms with Crippen molar-refractivity contribution in [2.45, 2.75) is 92.5 Å². The quantitative estimate of drug-likeness (QED) is 0.681. The summed E-state index contributed by atoms with van der Waals surface area (Å²) in [6.45, 7) is 12.8. The van der Waals surface area contributed by atoms with Gasteiger partial charge in [-0.3, -0.25) is 0 Å². The van der Waals surface area contributed by atoms with Crippen LogP contribution in [-0.2, 0) is 33.2 Å². The Labute approximate surface area is 126 Å². The van der Waals surface area contributed by atoms with Crippen molar-refractivity contribution in [1.29, 1.82) is 0 Å². The highest BCUT2D eigenvalue weighted by molar-refractivity contribution is 4.46. The monoisotopic (exact) mass is 308 g/mol. The van der Waals surface area contributed by atoms with Gasteiger partial charge in [-0.2, -0.15) is 0 Å². The van der Waals surface area contributed by atoms with Gasteiger partial charge in [0.2, 0.25) is 0 Å². The molecule has 21 heavy (non-hydrogen) atoms. The van der Waals surface area contributed by atoms with Gasteiger partial charge in [-0.05, 0) is 48.5 Å². The maximum atomic E-state index is 5.31. The number of hydrogen-bond acceptors (Lipinski definition) is 7. The van der Waals surface area contributed by atoms with E-state index in [4.69, 9.17) is 33.2 Å². The average Bonchev–Trinajstić information content (AvgIpc) is 2.24. The molecule has 0 atom stereocenters. The van der Waals surface area contributed by atoms with Crippen LogP contribution >= 0.6 is 0 Å². The van der Waals surface area contributed by atoms with Crippen LogP contribution in [0.25, 0.3) is 0 Å². The maximum absolute atomic E-state index is 5.31. The number of ether oxygens (including phenoxy) is 7. The average molecular weight is 308 g/mol. The molecule has 0 aromatic rings. The molecule has 0 N–H and O–H groups in total. The molecule has 0 amide bonds. The Bertz CT molecular complexity index is 223. The lowest BCUT2D eigenvalue weighted by molar-refractivity contribution is -0.368. The van der Waals surface area contributed by atoms with Crippen molar-refractivity contribution < 1.29 is 33.2 Å². The Kier molecular flexibility index (Phi) is 8.04. The molecule has 2 saturated heterocycles. The van der Waals surface area contributed by atoms with Gasteiger partial charge in [0.25, 0.3) is 0 Å². The first-order valence-electron chi connectivity index (χ1n) is 7.34. The van der Waals surface area contributed by atoms with E-state index in [-0.39, 0.29) is 44.0 Å². The third-order valence-corrected chi connectivity index (χ3v) is 2.68. The van der Waals surface area contributed by atoms with Crippen molar-refractivity contribution in [3.05, 3.63) is 0 Å². The third kappa shape index (κ3) is 8.06. The molecule has 0 aromatic heterocycles. The molecule has 0 unspecified atom stereocenters. The van der Waals surface area contributed by atoms with Crippen molar-refractivity contribution >= 4 is 0 Å². The predicted octanol–water partition coefficient (Wildman–Crippen LogP) is 2.54. The van der Waals surface area contributed by atoms with Crippen LogP contribution in [0, 0.1) is 0 Å². The standard InChI is InChI=1S/C8H16O4.C6H12O3/c1-5-9-6(2)11-8(4)12-7(3)10-5;1-4-7-5(2)9-6(3)8-4/h5-8H,1-4H3;4-6H,1-3H3. The lowest BCUT2D eigenvalue weighted by Gasteiger charge is -2.30. The highest BCUT2D eigenvalue weighted by Gasteiger charge is 2.21. The SMILES string of the molecule is CC1OC(C)OC(C)O1.CC1OC(C)OC(C)OC(C)O1. The number of hydrogen-bond donors (Lipinski definition) is 0. The summed E-state index contributed by atoms with van der Waals surface area (Å²) in [5, 5.41) is 0. The van der Waals surface area contributed by atoms with E-state index in [1.807, 2.05) is 48.5 Å². The first-order valence-corrected chi connectivity index (χ1v) is 7.34. The van der Waals surface area contributed by atoms with Crippen molar-refractivity contribution in [2.75, 3.05) is 0 Å². The van der Waals surface area contributed by atoms with Gasteiger partial charge in [-0.1, -0.05) is 0 Å². The summed E-state index contributed by atoms with van der Waals surface area (Å²) < 4.78 is 36.6. The molecule has 0 spiro atoms. The summed E-state index contributed by atoms with van der Waals surface area (Å²) in [6.07, 6.45) is -1.56. The fraction of sp³-hybridized carbons (Fsp3) is 1.00. The second kappa shape index (κ2) is 8.99. The molecule has 7 nitrogen and oxygen atoms in total. The molecule has 2 rings (SSSR count). The fourth-order valence-electron chi connectivity index (χ4n) is 2.11. The molecular weight excluding hydrogens is 280 g/mol. The largest absolute Gasteiger partial charge is 0.324 e. The molecule has 2 heterocycles. The van der Waals surface area contributed by atoms with E-state index in [9.17, 15) is 0 Å². The lowest BCUT2D eigenvalue weighted by Crippen LogP contribution is -2.35. The summed E-state index contributed by atoms with van der Waals surface area (Å²) in [5.74, 6) is 0. The smallest absolute Gasteiger partial charge is 0.161 e. The van der Waals surface area contributed by atoms with Crippen LogP contribution in [0.5, 0.6) is 0 Å². The van der Waals surface area contributed by atoms with Crippen molar-refractivity contribution in [2.24, 2.45) is 0 Å². The Morgan fingerprint density at radius 1 is 0.286 bits per heavy atom. The highest BCUT2D eigenvalue weighted by Crippen LogP contribution is 2.14. The van der Waals surface area contributed by atoms with Crippen LogP contribution in [-0.4, -0.2) is 44.0 Å². The minimum atomic E-state index is -0.289. The molecule has 2 fully saturated rings. The zero-order chi connectivity index (χ0) is 16.0. The predicted molar refractivity (Wildman–Crippen MR) is 73.8 cm³/mol. The highest BCUT2D eigenvalue weighted by atomic mass is 16.9. The summed E-state index contributed by atoms with van der Waals surface area (Å²) >= 11 is 0. The van der Waals surface area contributed by atoms with Gasteiger partial charge in [0, 0.05) is 0 Å². The molecule has 2 aliphatic rings. The van der Waals surface area contributed by atoms with Crippen molar-refractivity contribution in [1.82, 2.24) is 0 Å². The second-order valence-electron chi connectivity index (χ2n) is 4.93. The maximum Gasteiger partial charge on any atom is 0.161 e. The molecule has 0 aromatic carbocycles. The molecule has 0 bridgehead atoms. The Morgan fingerprint density at radius 3 is 0.476 bits per heavy atom. The van der Waals surface area contributed by atoms with Gasteiger partial charge < -0.3 is 33.2 Å². The van der Waals surface area contributed by atoms with Crippen LogP contribution < -0.4 is 0 Å². The summed E-state index contributed by atoms with van der Waals surface area (Å²) in [6, 6.07) is 0. The fourth-order valence-corrected chi connectivity index (χ4v) is 2.11. The zero-order valence-electron chi connectivity index (χ0n) is 13.9. The lowest BCUT2D eigenvalue weighted by atomic mass is 10.6. The Hall–Kier alpha value is -0.280. The van der Waals surface area contributed by atoms with E-state index in [0.717, 1.165) is 0 Å². The van der Waals surface area contributed by atoms with Crippen molar-refractivity contribution in [3.63, 3.8) is 0 Å². The molecule has 126 valence electrons. The first-order chi connectivity index (χ1) is 9.76. The third-order valence-electron chi connectivity index (χ3n) is 2.68. The summed E-state index contributed by atoms with van der Waals surface area (Å²) in [5.41, 5.74) is 0. The van der Waals surface area contributed by atoms with Gasteiger partial charge in [-0.15, -0.1) is 0 Å². The zero-order valence-corrected chi connectivity index (χ0v) is 13.9. The van der Waals surface area contributed by atoms with E-state index in [2.05, 4.69) is 0 Å². The Balaban J connectivity index is 0.000000219. The van der Waals surface area contributed by atoms with Crippen LogP contribution in [0.4, 0.5) is 0 Å². The van der Waals surface area contributed by atoms with Gasteiger partial charge in [0.15, 0.2) is 44.0 Å². The van der Waals surface area contributed by atoms with Gasteiger partial charge in [0.05, 0.1) is 0 Å². The van der Waals surface area contributed by atoms with E-state index < -0.39 is 0 Å². The van der Waals surface area contributed by atoms with Crippen LogP contribution in [0.15, 0.2) is 0 Å². The summed E-state index contributed by atoms with van der Waals surface area (Å²) in [7, 11) is 0. The normalized spacial score (nSPS) is 45.0. The topological polar surface area (TPSA) is 64.6 Å². The van der Waals surface area contributed by atoms with Gasteiger partial charge in [0.1, 0.15) is 0 Å². The number of rotatable bonds is 0. The van der Waals surface area contributed by atoms with E-state index in [1.54, 1.807) is 0 Å². The molecule has 0 aliphatic carbocycles. The van der Waals surface area contributed by atoms with E-state index >= 15 is 0 Å².